The normalized spacial score (nSPS) is 12.3. The molecular weight excluding hydrogens is 449 g/mol. The van der Waals surface area contributed by atoms with Crippen LogP contribution in [0.15, 0.2) is 41.3 Å². The smallest absolute Gasteiger partial charge is 0.340 e. The second-order valence-electron chi connectivity index (χ2n) is 5.94. The molecule has 150 valence electrons. The van der Waals surface area contributed by atoms with Crippen molar-refractivity contribution in [2.24, 2.45) is 0 Å². The molecule has 0 fully saturated rings. The average molecular weight is 465 g/mol. The maximum Gasteiger partial charge on any atom is 0.340 e. The van der Waals surface area contributed by atoms with Crippen LogP contribution in [-0.2, 0) is 19.4 Å². The Bertz CT molecular complexity index is 1020. The van der Waals surface area contributed by atoms with Gasteiger partial charge in [-0.2, -0.15) is 0 Å². The van der Waals surface area contributed by atoms with Gasteiger partial charge in [-0.25, -0.2) is 13.2 Å². The van der Waals surface area contributed by atoms with Crippen molar-refractivity contribution in [1.82, 2.24) is 5.32 Å². The third-order valence-electron chi connectivity index (χ3n) is 3.73. The van der Waals surface area contributed by atoms with Gasteiger partial charge in [-0.05, 0) is 42.8 Å². The predicted molar refractivity (Wildman–Crippen MR) is 108 cm³/mol. The third-order valence-corrected chi connectivity index (χ3v) is 5.73. The molecule has 0 bridgehead atoms. The minimum atomic E-state index is -3.53. The maximum atomic E-state index is 12.2. The summed E-state index contributed by atoms with van der Waals surface area (Å²) in [6.07, 6.45) is 1.00. The van der Waals surface area contributed by atoms with Crippen LogP contribution in [0.1, 0.15) is 28.9 Å². The Kier molecular flexibility index (Phi) is 7.33. The van der Waals surface area contributed by atoms with E-state index in [9.17, 15) is 18.0 Å². The fourth-order valence-corrected chi connectivity index (χ4v) is 3.73. The van der Waals surface area contributed by atoms with E-state index in [-0.39, 0.29) is 15.5 Å². The van der Waals surface area contributed by atoms with Crippen LogP contribution in [0, 0.1) is 0 Å². The van der Waals surface area contributed by atoms with Crippen molar-refractivity contribution in [3.05, 3.63) is 62.6 Å². The fourth-order valence-electron chi connectivity index (χ4n) is 2.31. The fraction of sp³-hybridized carbons (Fsp3) is 0.222. The highest BCUT2D eigenvalue weighted by Crippen LogP contribution is 2.26. The molecule has 0 aliphatic heterocycles. The van der Waals surface area contributed by atoms with Gasteiger partial charge < -0.3 is 10.1 Å². The molecule has 28 heavy (non-hydrogen) atoms. The summed E-state index contributed by atoms with van der Waals surface area (Å²) >= 11 is 17.9. The molecule has 0 radical (unpaired) electrons. The van der Waals surface area contributed by atoms with E-state index < -0.39 is 34.4 Å². The number of carbonyl (C=O) groups is 2. The number of hydrogen-bond donors (Lipinski definition) is 1. The van der Waals surface area contributed by atoms with E-state index in [1.807, 2.05) is 0 Å². The van der Waals surface area contributed by atoms with Crippen molar-refractivity contribution in [2.75, 3.05) is 12.9 Å². The first-order chi connectivity index (χ1) is 13.0. The second-order valence-corrected chi connectivity index (χ2v) is 9.21. The van der Waals surface area contributed by atoms with E-state index in [1.165, 1.54) is 12.1 Å². The average Bonchev–Trinajstić information content (AvgIpc) is 2.58. The minimum absolute atomic E-state index is 0.0131. The summed E-state index contributed by atoms with van der Waals surface area (Å²) in [6, 6.07) is 8.08. The zero-order valence-corrected chi connectivity index (χ0v) is 17.9. The lowest BCUT2D eigenvalue weighted by Crippen LogP contribution is -2.31. The lowest BCUT2D eigenvalue weighted by atomic mass is 10.1. The van der Waals surface area contributed by atoms with Gasteiger partial charge >= 0.3 is 5.97 Å². The van der Waals surface area contributed by atoms with E-state index in [4.69, 9.17) is 39.5 Å². The highest BCUT2D eigenvalue weighted by Gasteiger charge is 2.19. The van der Waals surface area contributed by atoms with Crippen molar-refractivity contribution in [1.29, 1.82) is 0 Å². The Labute approximate surface area is 177 Å². The summed E-state index contributed by atoms with van der Waals surface area (Å²) < 4.78 is 28.2. The van der Waals surface area contributed by atoms with Crippen molar-refractivity contribution in [3.8, 4) is 0 Å². The largest absolute Gasteiger partial charge is 0.452 e. The van der Waals surface area contributed by atoms with E-state index in [2.05, 4.69) is 5.32 Å². The molecule has 0 aromatic heterocycles. The summed E-state index contributed by atoms with van der Waals surface area (Å²) in [5.74, 6) is -1.48. The van der Waals surface area contributed by atoms with Crippen LogP contribution < -0.4 is 5.32 Å². The zero-order valence-electron chi connectivity index (χ0n) is 14.8. The summed E-state index contributed by atoms with van der Waals surface area (Å²) in [4.78, 5) is 24.2. The molecule has 1 atom stereocenters. The number of esters is 1. The molecule has 2 rings (SSSR count). The van der Waals surface area contributed by atoms with Gasteiger partial charge in [0.15, 0.2) is 16.4 Å². The molecule has 1 amide bonds. The quantitative estimate of drug-likeness (QED) is 0.651. The highest BCUT2D eigenvalue weighted by molar-refractivity contribution is 7.90. The molecule has 0 saturated heterocycles. The van der Waals surface area contributed by atoms with Gasteiger partial charge in [0.25, 0.3) is 5.91 Å². The summed E-state index contributed by atoms with van der Waals surface area (Å²) in [5, 5.41) is 3.51. The molecule has 6 nitrogen and oxygen atoms in total. The van der Waals surface area contributed by atoms with Crippen molar-refractivity contribution in [2.45, 2.75) is 17.9 Å². The molecule has 0 saturated carbocycles. The molecular formula is C18H16Cl3NO5S. The Morgan fingerprint density at radius 3 is 2.36 bits per heavy atom. The molecule has 0 aliphatic rings. The van der Waals surface area contributed by atoms with Crippen LogP contribution in [0.25, 0.3) is 0 Å². The number of nitrogens with one attached hydrogen (secondary N) is 1. The van der Waals surface area contributed by atoms with E-state index in [0.29, 0.717) is 15.6 Å². The number of rotatable bonds is 6. The minimum Gasteiger partial charge on any atom is -0.452 e. The Morgan fingerprint density at radius 2 is 1.75 bits per heavy atom. The highest BCUT2D eigenvalue weighted by atomic mass is 35.5. The van der Waals surface area contributed by atoms with Crippen molar-refractivity contribution in [3.63, 3.8) is 0 Å². The predicted octanol–water partition coefficient (Wildman–Crippen LogP) is 4.08. The van der Waals surface area contributed by atoms with Crippen LogP contribution in [0.3, 0.4) is 0 Å². The maximum absolute atomic E-state index is 12.2. The number of carbonyl (C=O) groups excluding carboxylic acids is 2. The zero-order chi connectivity index (χ0) is 21.1. The number of benzene rings is 2. The molecule has 1 unspecified atom stereocenters. The van der Waals surface area contributed by atoms with Gasteiger partial charge in [0, 0.05) is 16.3 Å². The van der Waals surface area contributed by atoms with E-state index in [1.54, 1.807) is 25.1 Å². The van der Waals surface area contributed by atoms with E-state index >= 15 is 0 Å². The molecule has 2 aromatic rings. The summed E-state index contributed by atoms with van der Waals surface area (Å²) in [5.41, 5.74) is 0.501. The molecule has 0 heterocycles. The van der Waals surface area contributed by atoms with Crippen LogP contribution in [0.5, 0.6) is 0 Å². The Hall–Kier alpha value is -1.80. The number of sulfone groups is 1. The van der Waals surface area contributed by atoms with Gasteiger partial charge in [-0.15, -0.1) is 0 Å². The first-order valence-corrected chi connectivity index (χ1v) is 10.9. The third kappa shape index (κ3) is 5.85. The molecule has 0 aliphatic carbocycles. The van der Waals surface area contributed by atoms with Crippen molar-refractivity contribution < 1.29 is 22.7 Å². The number of amides is 1. The number of hydrogen-bond acceptors (Lipinski definition) is 5. The SMILES string of the molecule is CC(NC(=O)COC(=O)c1cc(S(C)(=O)=O)ccc1Cl)c1ccc(Cl)cc1Cl. The Morgan fingerprint density at radius 1 is 1.07 bits per heavy atom. The standard InChI is InChI=1S/C18H16Cl3NO5S/c1-10(13-5-3-11(19)7-16(13)21)22-17(23)9-27-18(24)14-8-12(28(2,25)26)4-6-15(14)20/h3-8,10H,9H2,1-2H3,(H,22,23). The second kappa shape index (κ2) is 9.13. The number of ether oxygens (including phenoxy) is 1. The summed E-state index contributed by atoms with van der Waals surface area (Å²) in [7, 11) is -3.53. The van der Waals surface area contributed by atoms with Crippen molar-refractivity contribution >= 4 is 56.5 Å². The van der Waals surface area contributed by atoms with Crippen LogP contribution in [0.4, 0.5) is 0 Å². The molecule has 0 spiro atoms. The van der Waals surface area contributed by atoms with Crippen LogP contribution in [0.2, 0.25) is 15.1 Å². The lowest BCUT2D eigenvalue weighted by Gasteiger charge is -2.16. The Balaban J connectivity index is 2.02. The summed E-state index contributed by atoms with van der Waals surface area (Å²) in [6.45, 7) is 1.13. The monoisotopic (exact) mass is 463 g/mol. The molecule has 1 N–H and O–H groups in total. The van der Waals surface area contributed by atoms with Gasteiger partial charge in [0.1, 0.15) is 0 Å². The molecule has 2 aromatic carbocycles. The van der Waals surface area contributed by atoms with Gasteiger partial charge in [0.05, 0.1) is 21.5 Å². The van der Waals surface area contributed by atoms with Gasteiger partial charge in [-0.1, -0.05) is 40.9 Å². The number of halogens is 3. The van der Waals surface area contributed by atoms with Gasteiger partial charge in [0.2, 0.25) is 0 Å². The van der Waals surface area contributed by atoms with Crippen LogP contribution >= 0.6 is 34.8 Å². The molecule has 10 heteroatoms. The van der Waals surface area contributed by atoms with E-state index in [0.717, 1.165) is 12.3 Å². The first kappa shape index (κ1) is 22.5. The lowest BCUT2D eigenvalue weighted by molar-refractivity contribution is -0.124. The van der Waals surface area contributed by atoms with Gasteiger partial charge in [-0.3, -0.25) is 4.79 Å². The first-order valence-electron chi connectivity index (χ1n) is 7.90. The van der Waals surface area contributed by atoms with Crippen LogP contribution in [-0.4, -0.2) is 33.2 Å². The topological polar surface area (TPSA) is 89.5 Å².